The molecule has 118 valence electrons. The molecule has 2 saturated carbocycles. The minimum Gasteiger partial charge on any atom is -0.621 e. The zero-order chi connectivity index (χ0) is 15.4. The minimum absolute atomic E-state index is 0.0110. The Bertz CT molecular complexity index is 499. The van der Waals surface area contributed by atoms with Crippen molar-refractivity contribution in [1.29, 1.82) is 0 Å². The molecule has 0 unspecified atom stereocenters. The van der Waals surface area contributed by atoms with Gasteiger partial charge in [0.1, 0.15) is 0 Å². The number of fused-ring (bicyclic) bond motifs is 5. The second-order valence-corrected chi connectivity index (χ2v) is 7.46. The summed E-state index contributed by atoms with van der Waals surface area (Å²) in [4.78, 5) is 11.1. The van der Waals surface area contributed by atoms with Crippen LogP contribution < -0.4 is 0 Å². The van der Waals surface area contributed by atoms with Crippen LogP contribution in [0.15, 0.2) is 0 Å². The molecule has 0 N–H and O–H groups in total. The fourth-order valence-corrected chi connectivity index (χ4v) is 4.76. The first-order valence-corrected chi connectivity index (χ1v) is 7.88. The van der Waals surface area contributed by atoms with E-state index < -0.39 is 0 Å². The molecule has 0 saturated heterocycles. The average molecular weight is 295 g/mol. The van der Waals surface area contributed by atoms with Gasteiger partial charge in [0, 0.05) is 17.8 Å². The molecule has 0 spiro atoms. The first-order valence-electron chi connectivity index (χ1n) is 7.88. The number of esters is 1. The number of hydrogen-bond donors (Lipinski definition) is 0. The highest BCUT2D eigenvalue weighted by atomic mass is 16.6. The summed E-state index contributed by atoms with van der Waals surface area (Å²) in [6, 6.07) is -0.0353. The lowest BCUT2D eigenvalue weighted by molar-refractivity contribution is -0.505. The number of hydroxylamine groups is 1. The monoisotopic (exact) mass is 295 g/mol. The molecule has 1 heterocycles. The van der Waals surface area contributed by atoms with Gasteiger partial charge in [0.05, 0.1) is 13.5 Å². The molecule has 0 aromatic rings. The fourth-order valence-electron chi connectivity index (χ4n) is 4.76. The van der Waals surface area contributed by atoms with Gasteiger partial charge in [-0.1, -0.05) is 20.8 Å². The molecule has 0 aromatic carbocycles. The van der Waals surface area contributed by atoms with Crippen molar-refractivity contribution in [2.24, 2.45) is 16.7 Å². The molecule has 3 rings (SSSR count). The van der Waals surface area contributed by atoms with Gasteiger partial charge in [-0.25, -0.2) is 0 Å². The molecule has 4 atom stereocenters. The summed E-state index contributed by atoms with van der Waals surface area (Å²) in [6.45, 7) is 6.82. The Morgan fingerprint density at radius 1 is 1.48 bits per heavy atom. The SMILES string of the molecule is COC(=O)CCCC1=[N+]([O-])[C@@H]2[C@H]3CC[C@@](C)([C@@H]2O1)C3(C)C. The highest BCUT2D eigenvalue weighted by molar-refractivity contribution is 5.74. The number of nitrogens with zero attached hydrogens (tertiary/aromatic N) is 1. The van der Waals surface area contributed by atoms with E-state index in [1.165, 1.54) is 7.11 Å². The van der Waals surface area contributed by atoms with Crippen LogP contribution in [0.1, 0.15) is 52.9 Å². The Labute approximate surface area is 125 Å². The van der Waals surface area contributed by atoms with Crippen LogP contribution in [0, 0.1) is 22.0 Å². The minimum atomic E-state index is -0.237. The van der Waals surface area contributed by atoms with Gasteiger partial charge >= 0.3 is 11.9 Å². The quantitative estimate of drug-likeness (QED) is 0.454. The van der Waals surface area contributed by atoms with Crippen LogP contribution in [0.25, 0.3) is 0 Å². The first kappa shape index (κ1) is 14.7. The maximum absolute atomic E-state index is 12.6. The van der Waals surface area contributed by atoms with E-state index in [-0.39, 0.29) is 28.9 Å². The lowest BCUT2D eigenvalue weighted by Crippen LogP contribution is -2.40. The number of hydrogen-bond acceptors (Lipinski definition) is 4. The van der Waals surface area contributed by atoms with Crippen molar-refractivity contribution in [1.82, 2.24) is 0 Å². The van der Waals surface area contributed by atoms with Gasteiger partial charge in [0.2, 0.25) is 6.04 Å². The molecule has 0 aromatic heterocycles. The zero-order valence-corrected chi connectivity index (χ0v) is 13.3. The predicted octanol–water partition coefficient (Wildman–Crippen LogP) is 2.46. The maximum atomic E-state index is 12.6. The van der Waals surface area contributed by atoms with Gasteiger partial charge < -0.3 is 14.7 Å². The van der Waals surface area contributed by atoms with Crippen LogP contribution in [0.4, 0.5) is 0 Å². The standard InChI is InChI=1S/C16H25NO4/c1-15(2)10-8-9-16(15,3)14-13(10)17(19)11(21-14)6-5-7-12(18)20-4/h10,13-14H,5-9H2,1-4H3/t10-,13-,14-,16+/m1/s1. The third-order valence-corrected chi connectivity index (χ3v) is 6.50. The molecule has 0 amide bonds. The number of rotatable bonds is 4. The van der Waals surface area contributed by atoms with Crippen LogP contribution in [0.5, 0.6) is 0 Å². The first-order chi connectivity index (χ1) is 9.83. The van der Waals surface area contributed by atoms with Gasteiger partial charge in [-0.15, -0.1) is 0 Å². The van der Waals surface area contributed by atoms with E-state index in [1.807, 2.05) is 0 Å². The lowest BCUT2D eigenvalue weighted by atomic mass is 9.70. The number of methoxy groups -OCH3 is 1. The topological polar surface area (TPSA) is 61.6 Å². The molecule has 1 aliphatic heterocycles. The molecule has 2 aliphatic carbocycles. The van der Waals surface area contributed by atoms with Gasteiger partial charge in [0.25, 0.3) is 0 Å². The van der Waals surface area contributed by atoms with E-state index in [0.717, 1.165) is 17.6 Å². The fraction of sp³-hybridized carbons (Fsp3) is 0.875. The van der Waals surface area contributed by atoms with Crippen molar-refractivity contribution in [3.8, 4) is 0 Å². The summed E-state index contributed by atoms with van der Waals surface area (Å²) in [5.74, 6) is 0.685. The van der Waals surface area contributed by atoms with Crippen LogP contribution in [0.3, 0.4) is 0 Å². The molecule has 2 fully saturated rings. The van der Waals surface area contributed by atoms with Gasteiger partial charge in [-0.3, -0.25) is 4.79 Å². The lowest BCUT2D eigenvalue weighted by Gasteiger charge is -2.36. The normalized spacial score (nSPS) is 39.3. The highest BCUT2D eigenvalue weighted by Gasteiger charge is 2.73. The molecular formula is C16H25NO4. The highest BCUT2D eigenvalue weighted by Crippen LogP contribution is 2.67. The van der Waals surface area contributed by atoms with Crippen molar-refractivity contribution in [3.05, 3.63) is 5.21 Å². The summed E-state index contributed by atoms with van der Waals surface area (Å²) in [5.41, 5.74) is 0.234. The Balaban J connectivity index is 1.72. The van der Waals surface area contributed by atoms with Crippen LogP contribution in [-0.4, -0.2) is 35.9 Å². The second-order valence-electron chi connectivity index (χ2n) is 7.46. The van der Waals surface area contributed by atoms with Gasteiger partial charge in [-0.2, -0.15) is 4.74 Å². The van der Waals surface area contributed by atoms with Crippen molar-refractivity contribution in [2.45, 2.75) is 65.0 Å². The van der Waals surface area contributed by atoms with E-state index in [1.54, 1.807) is 0 Å². The molecule has 2 bridgehead atoms. The smallest absolute Gasteiger partial charge is 0.348 e. The Morgan fingerprint density at radius 2 is 2.19 bits per heavy atom. The molecule has 5 nitrogen and oxygen atoms in total. The largest absolute Gasteiger partial charge is 0.621 e. The second kappa shape index (κ2) is 4.62. The third-order valence-electron chi connectivity index (χ3n) is 6.50. The molecule has 0 radical (unpaired) electrons. The van der Waals surface area contributed by atoms with E-state index in [0.29, 0.717) is 31.1 Å². The summed E-state index contributed by atoms with van der Waals surface area (Å²) < 4.78 is 11.8. The van der Waals surface area contributed by atoms with Crippen molar-refractivity contribution >= 4 is 11.9 Å². The zero-order valence-electron chi connectivity index (χ0n) is 13.3. The van der Waals surface area contributed by atoms with Gasteiger partial charge in [0.15, 0.2) is 6.10 Å². The van der Waals surface area contributed by atoms with Gasteiger partial charge in [-0.05, 0) is 24.7 Å². The Kier molecular flexibility index (Phi) is 3.22. The number of carbonyl (C=O) groups excluding carboxylic acids is 1. The summed E-state index contributed by atoms with van der Waals surface area (Å²) in [6.07, 6.45) is 3.72. The predicted molar refractivity (Wildman–Crippen MR) is 77.8 cm³/mol. The molecular weight excluding hydrogens is 270 g/mol. The summed E-state index contributed by atoms with van der Waals surface area (Å²) in [5, 5.41) is 12.6. The summed E-state index contributed by atoms with van der Waals surface area (Å²) >= 11 is 0. The van der Waals surface area contributed by atoms with Crippen molar-refractivity contribution in [2.75, 3.05) is 7.11 Å². The average Bonchev–Trinajstić information content (AvgIpc) is 2.93. The van der Waals surface area contributed by atoms with Crippen LogP contribution >= 0.6 is 0 Å². The number of carbonyl (C=O) groups is 1. The summed E-state index contributed by atoms with van der Waals surface area (Å²) in [7, 11) is 1.38. The Hall–Kier alpha value is -1.26. The van der Waals surface area contributed by atoms with Crippen molar-refractivity contribution in [3.63, 3.8) is 0 Å². The van der Waals surface area contributed by atoms with E-state index in [9.17, 15) is 10.0 Å². The van der Waals surface area contributed by atoms with E-state index in [2.05, 4.69) is 25.5 Å². The Morgan fingerprint density at radius 3 is 2.81 bits per heavy atom. The maximum Gasteiger partial charge on any atom is 0.348 e. The van der Waals surface area contributed by atoms with Crippen LogP contribution in [0.2, 0.25) is 0 Å². The molecule has 3 aliphatic rings. The van der Waals surface area contributed by atoms with Crippen molar-refractivity contribution < 1.29 is 19.0 Å². The molecule has 5 heteroatoms. The van der Waals surface area contributed by atoms with Crippen LogP contribution in [-0.2, 0) is 14.3 Å². The van der Waals surface area contributed by atoms with E-state index >= 15 is 0 Å². The number of ether oxygens (including phenoxy) is 2. The molecule has 21 heavy (non-hydrogen) atoms. The third kappa shape index (κ3) is 1.82. The van der Waals surface area contributed by atoms with E-state index in [4.69, 9.17) is 4.74 Å².